The van der Waals surface area contributed by atoms with E-state index in [9.17, 15) is 19.1 Å². The Morgan fingerprint density at radius 3 is 2.56 bits per heavy atom. The molecule has 2 aromatic rings. The number of hydrogen-bond donors (Lipinski definition) is 1. The molecule has 3 saturated heterocycles. The van der Waals surface area contributed by atoms with Gasteiger partial charge in [-0.2, -0.15) is 0 Å². The number of rotatable bonds is 3. The van der Waals surface area contributed by atoms with Gasteiger partial charge in [0.15, 0.2) is 0 Å². The van der Waals surface area contributed by atoms with E-state index in [2.05, 4.69) is 9.80 Å². The molecule has 7 heteroatoms. The molecule has 5 rings (SSSR count). The van der Waals surface area contributed by atoms with Crippen LogP contribution in [0.25, 0.3) is 10.9 Å². The number of aromatic nitrogens is 1. The second-order valence-electron chi connectivity index (χ2n) is 7.05. The number of benzene rings is 1. The molecule has 146 valence electrons. The fraction of sp³-hybridized carbons (Fsp3) is 0.500. The van der Waals surface area contributed by atoms with Gasteiger partial charge in [-0.25, -0.2) is 9.18 Å². The highest BCUT2D eigenvalue weighted by Crippen LogP contribution is 2.31. The van der Waals surface area contributed by atoms with E-state index in [1.807, 2.05) is 6.92 Å². The van der Waals surface area contributed by atoms with E-state index in [0.717, 1.165) is 39.0 Å². The minimum Gasteiger partial charge on any atom is -0.477 e. The summed E-state index contributed by atoms with van der Waals surface area (Å²) < 4.78 is 16.7. The zero-order valence-corrected chi connectivity index (χ0v) is 14.7. The maximum Gasteiger partial charge on any atom is 0.341 e. The van der Waals surface area contributed by atoms with Crippen LogP contribution in [0.5, 0.6) is 0 Å². The van der Waals surface area contributed by atoms with Gasteiger partial charge in [-0.1, -0.05) is 7.43 Å². The summed E-state index contributed by atoms with van der Waals surface area (Å²) in [6, 6.07) is 3.24. The molecule has 0 spiro atoms. The number of aromatic carboxylic acids is 1. The van der Waals surface area contributed by atoms with Gasteiger partial charge in [-0.3, -0.25) is 4.79 Å². The highest BCUT2D eigenvalue weighted by molar-refractivity contribution is 5.93. The molecule has 3 fully saturated rings. The van der Waals surface area contributed by atoms with Crippen molar-refractivity contribution < 1.29 is 14.3 Å². The molecule has 0 radical (unpaired) electrons. The van der Waals surface area contributed by atoms with Crippen LogP contribution in [-0.2, 0) is 6.54 Å². The third-order valence-electron chi connectivity index (χ3n) is 5.68. The molecule has 1 aromatic carbocycles. The molecule has 2 bridgehead atoms. The van der Waals surface area contributed by atoms with Crippen LogP contribution >= 0.6 is 0 Å². The predicted octanol–water partition coefficient (Wildman–Crippen LogP) is 2.78. The fourth-order valence-electron chi connectivity index (χ4n) is 4.24. The van der Waals surface area contributed by atoms with Crippen LogP contribution in [0.15, 0.2) is 23.1 Å². The molecule has 0 aliphatic carbocycles. The summed E-state index contributed by atoms with van der Waals surface area (Å²) in [5, 5.41) is 9.38. The average Bonchev–Trinajstić information content (AvgIpc) is 2.95. The SMILES string of the molecule is C.CCn1cc(C(=O)O)c(=O)c2cc(F)c(N3CCN4CCC3CC4)cc21. The first-order chi connectivity index (χ1) is 12.5. The van der Waals surface area contributed by atoms with Crippen molar-refractivity contribution in [1.82, 2.24) is 9.47 Å². The molecule has 1 N–H and O–H groups in total. The van der Waals surface area contributed by atoms with Crippen LogP contribution in [0.3, 0.4) is 0 Å². The largest absolute Gasteiger partial charge is 0.477 e. The van der Waals surface area contributed by atoms with Crippen molar-refractivity contribution in [2.24, 2.45) is 0 Å². The Labute approximate surface area is 157 Å². The molecule has 27 heavy (non-hydrogen) atoms. The standard InChI is InChI=1S/C19H22FN3O3.CH4/c1-2-22-11-14(19(25)26)18(24)13-9-15(20)17(10-16(13)22)23-8-7-21-5-3-12(23)4-6-21;/h9-12H,2-8H2,1H3,(H,25,26);1H4. The topological polar surface area (TPSA) is 65.8 Å². The van der Waals surface area contributed by atoms with Crippen LogP contribution in [0.2, 0.25) is 0 Å². The van der Waals surface area contributed by atoms with E-state index in [1.54, 1.807) is 10.6 Å². The normalized spacial score (nSPS) is 21.8. The van der Waals surface area contributed by atoms with E-state index >= 15 is 0 Å². The lowest BCUT2D eigenvalue weighted by molar-refractivity contribution is 0.0695. The molecule has 0 atom stereocenters. The molecular formula is C20H26FN3O3. The summed E-state index contributed by atoms with van der Waals surface area (Å²) in [4.78, 5) is 28.3. The smallest absolute Gasteiger partial charge is 0.341 e. The van der Waals surface area contributed by atoms with E-state index in [0.29, 0.717) is 23.8 Å². The summed E-state index contributed by atoms with van der Waals surface area (Å²) in [5.41, 5.74) is 0.132. The summed E-state index contributed by atoms with van der Waals surface area (Å²) in [6.07, 6.45) is 3.38. The van der Waals surface area contributed by atoms with Crippen molar-refractivity contribution in [1.29, 1.82) is 0 Å². The van der Waals surface area contributed by atoms with Crippen LogP contribution < -0.4 is 10.3 Å². The van der Waals surface area contributed by atoms with Gasteiger partial charge in [0.25, 0.3) is 0 Å². The van der Waals surface area contributed by atoms with Gasteiger partial charge in [-0.15, -0.1) is 0 Å². The van der Waals surface area contributed by atoms with Gasteiger partial charge in [0, 0.05) is 50.3 Å². The number of nitrogens with zero attached hydrogens (tertiary/aromatic N) is 3. The number of carbonyl (C=O) groups is 1. The Kier molecular flexibility index (Phi) is 5.24. The van der Waals surface area contributed by atoms with Gasteiger partial charge >= 0.3 is 5.97 Å². The highest BCUT2D eigenvalue weighted by Gasteiger charge is 2.31. The average molecular weight is 375 g/mol. The van der Waals surface area contributed by atoms with Crippen LogP contribution in [0, 0.1) is 5.82 Å². The summed E-state index contributed by atoms with van der Waals surface area (Å²) in [5.74, 6) is -1.75. The lowest BCUT2D eigenvalue weighted by Crippen LogP contribution is -2.38. The molecule has 4 heterocycles. The van der Waals surface area contributed by atoms with Gasteiger partial charge in [0.2, 0.25) is 5.43 Å². The van der Waals surface area contributed by atoms with Crippen LogP contribution in [-0.4, -0.2) is 52.8 Å². The maximum atomic E-state index is 15.0. The number of carboxylic acids is 1. The van der Waals surface area contributed by atoms with Crippen LogP contribution in [0.1, 0.15) is 37.6 Å². The number of halogens is 1. The summed E-state index contributed by atoms with van der Waals surface area (Å²) >= 11 is 0. The van der Waals surface area contributed by atoms with Crippen molar-refractivity contribution in [2.75, 3.05) is 31.1 Å². The van der Waals surface area contributed by atoms with Crippen molar-refractivity contribution >= 4 is 22.6 Å². The first-order valence-electron chi connectivity index (χ1n) is 9.08. The Bertz CT molecular complexity index is 932. The van der Waals surface area contributed by atoms with Crippen molar-refractivity contribution in [3.8, 4) is 0 Å². The first-order valence-corrected chi connectivity index (χ1v) is 9.08. The third-order valence-corrected chi connectivity index (χ3v) is 5.68. The number of fused-ring (bicyclic) bond motifs is 5. The van der Waals surface area contributed by atoms with E-state index < -0.39 is 17.2 Å². The summed E-state index contributed by atoms with van der Waals surface area (Å²) in [7, 11) is 0. The monoisotopic (exact) mass is 375 g/mol. The number of carboxylic acid groups (broad SMARTS) is 1. The predicted molar refractivity (Wildman–Crippen MR) is 104 cm³/mol. The molecule has 3 aliphatic rings. The Morgan fingerprint density at radius 2 is 1.93 bits per heavy atom. The van der Waals surface area contributed by atoms with Gasteiger partial charge in [-0.05, 0) is 31.9 Å². The minimum absolute atomic E-state index is 0. The lowest BCUT2D eigenvalue weighted by Gasteiger charge is -2.33. The van der Waals surface area contributed by atoms with Crippen molar-refractivity contribution in [2.45, 2.75) is 39.8 Å². The third kappa shape index (κ3) is 3.20. The number of aryl methyl sites for hydroxylation is 1. The molecule has 3 aliphatic heterocycles. The zero-order chi connectivity index (χ0) is 18.4. The lowest BCUT2D eigenvalue weighted by atomic mass is 10.0. The molecular weight excluding hydrogens is 349 g/mol. The Hall–Kier alpha value is -2.41. The number of anilines is 1. The van der Waals surface area contributed by atoms with E-state index in [4.69, 9.17) is 0 Å². The Balaban J connectivity index is 0.00000210. The van der Waals surface area contributed by atoms with E-state index in [-0.39, 0.29) is 18.4 Å². The zero-order valence-electron chi connectivity index (χ0n) is 14.7. The van der Waals surface area contributed by atoms with Crippen LogP contribution in [0.4, 0.5) is 10.1 Å². The molecule has 0 saturated carbocycles. The second-order valence-corrected chi connectivity index (χ2v) is 7.05. The quantitative estimate of drug-likeness (QED) is 0.894. The van der Waals surface area contributed by atoms with E-state index in [1.165, 1.54) is 12.3 Å². The highest BCUT2D eigenvalue weighted by atomic mass is 19.1. The molecule has 0 amide bonds. The molecule has 1 aromatic heterocycles. The Morgan fingerprint density at radius 1 is 1.22 bits per heavy atom. The fourth-order valence-corrected chi connectivity index (χ4v) is 4.24. The minimum atomic E-state index is -1.29. The molecule has 6 nitrogen and oxygen atoms in total. The second kappa shape index (κ2) is 7.31. The number of hydrogen-bond acceptors (Lipinski definition) is 4. The van der Waals surface area contributed by atoms with Crippen molar-refractivity contribution in [3.63, 3.8) is 0 Å². The molecule has 0 unspecified atom stereocenters. The number of piperidine rings is 1. The first kappa shape index (κ1) is 19.4. The number of pyridine rings is 1. The van der Waals surface area contributed by atoms with Gasteiger partial charge in [0.05, 0.1) is 11.2 Å². The summed E-state index contributed by atoms with van der Waals surface area (Å²) in [6.45, 7) is 6.12. The maximum absolute atomic E-state index is 15.0. The van der Waals surface area contributed by atoms with Gasteiger partial charge < -0.3 is 19.5 Å². The van der Waals surface area contributed by atoms with Crippen molar-refractivity contribution in [3.05, 3.63) is 39.9 Å². The van der Waals surface area contributed by atoms with Gasteiger partial charge in [0.1, 0.15) is 11.4 Å².